The minimum absolute atomic E-state index is 0.136. The van der Waals surface area contributed by atoms with Crippen molar-refractivity contribution in [1.82, 2.24) is 5.32 Å². The number of hydrogen-bond donors (Lipinski definition) is 2. The molecule has 7 heteroatoms. The summed E-state index contributed by atoms with van der Waals surface area (Å²) in [6.07, 6.45) is 3.31. The number of methoxy groups -OCH3 is 1. The van der Waals surface area contributed by atoms with Gasteiger partial charge in [0.25, 0.3) is 0 Å². The lowest BCUT2D eigenvalue weighted by atomic mass is 10.0. The molecule has 0 saturated carbocycles. The van der Waals surface area contributed by atoms with E-state index in [0.717, 1.165) is 5.56 Å². The Morgan fingerprint density at radius 2 is 1.69 bits per heavy atom. The van der Waals surface area contributed by atoms with E-state index in [4.69, 9.17) is 10.5 Å². The molecule has 0 aliphatic heterocycles. The first-order valence-electron chi connectivity index (χ1n) is 9.84. The van der Waals surface area contributed by atoms with Crippen LogP contribution in [0.3, 0.4) is 0 Å². The second-order valence-electron chi connectivity index (χ2n) is 6.63. The Morgan fingerprint density at radius 1 is 1.00 bits per heavy atom. The molecular weight excluding hydrogens is 422 g/mol. The van der Waals surface area contributed by atoms with E-state index in [0.29, 0.717) is 33.4 Å². The van der Waals surface area contributed by atoms with Crippen molar-refractivity contribution >= 4 is 46.3 Å². The average Bonchev–Trinajstić information content (AvgIpc) is 2.83. The number of amides is 1. The van der Waals surface area contributed by atoms with Gasteiger partial charge in [0.05, 0.1) is 18.5 Å². The van der Waals surface area contributed by atoms with Crippen molar-refractivity contribution in [2.24, 2.45) is 4.99 Å². The molecule has 3 aromatic rings. The first kappa shape index (κ1) is 22.8. The number of ether oxygens (including phenoxy) is 1. The Morgan fingerprint density at radius 3 is 2.38 bits per heavy atom. The van der Waals surface area contributed by atoms with Gasteiger partial charge in [-0.1, -0.05) is 84.6 Å². The van der Waals surface area contributed by atoms with E-state index in [2.05, 4.69) is 10.3 Å². The summed E-state index contributed by atoms with van der Waals surface area (Å²) in [7, 11) is 1.28. The Kier molecular flexibility index (Phi) is 8.22. The summed E-state index contributed by atoms with van der Waals surface area (Å²) in [4.78, 5) is 29.0. The number of amidine groups is 1. The van der Waals surface area contributed by atoms with E-state index >= 15 is 0 Å². The zero-order valence-electron chi connectivity index (χ0n) is 17.5. The molecular formula is C25H23N3O3S. The van der Waals surface area contributed by atoms with Crippen LogP contribution in [0.1, 0.15) is 21.5 Å². The average molecular weight is 446 g/mol. The van der Waals surface area contributed by atoms with Gasteiger partial charge in [-0.3, -0.25) is 10.1 Å². The van der Waals surface area contributed by atoms with Crippen LogP contribution in [0.4, 0.5) is 16.2 Å². The zero-order valence-corrected chi connectivity index (χ0v) is 18.3. The van der Waals surface area contributed by atoms with Crippen molar-refractivity contribution in [3.05, 3.63) is 102 Å². The monoisotopic (exact) mass is 445 g/mol. The van der Waals surface area contributed by atoms with Crippen LogP contribution in [-0.2, 0) is 4.74 Å². The smallest absolute Gasteiger partial charge is 0.412 e. The Bertz CT molecular complexity index is 1130. The topological polar surface area (TPSA) is 93.8 Å². The number of hydrogen-bond acceptors (Lipinski definition) is 6. The molecule has 3 aromatic carbocycles. The molecule has 0 aromatic heterocycles. The van der Waals surface area contributed by atoms with Crippen LogP contribution >= 0.6 is 11.8 Å². The summed E-state index contributed by atoms with van der Waals surface area (Å²) >= 11 is 1.31. The Hall–Kier alpha value is -3.84. The largest absolute Gasteiger partial charge is 0.453 e. The molecule has 0 fully saturated rings. The van der Waals surface area contributed by atoms with Crippen LogP contribution in [0.2, 0.25) is 0 Å². The number of carbonyl (C=O) groups is 2. The third kappa shape index (κ3) is 6.58. The number of nitrogens with two attached hydrogens (primary N) is 1. The van der Waals surface area contributed by atoms with Gasteiger partial charge in [-0.25, -0.2) is 9.79 Å². The Balaban J connectivity index is 1.81. The highest BCUT2D eigenvalue weighted by Gasteiger charge is 2.12. The molecule has 0 radical (unpaired) electrons. The van der Waals surface area contributed by atoms with Gasteiger partial charge in [-0.05, 0) is 23.8 Å². The van der Waals surface area contributed by atoms with Gasteiger partial charge >= 0.3 is 6.09 Å². The lowest BCUT2D eigenvalue weighted by molar-refractivity contribution is 0.103. The fourth-order valence-electron chi connectivity index (χ4n) is 2.76. The molecule has 1 amide bonds. The normalized spacial score (nSPS) is 11.3. The molecule has 32 heavy (non-hydrogen) atoms. The molecule has 0 unspecified atom stereocenters. The fourth-order valence-corrected chi connectivity index (χ4v) is 3.43. The van der Waals surface area contributed by atoms with Gasteiger partial charge in [-0.2, -0.15) is 0 Å². The van der Waals surface area contributed by atoms with E-state index in [-0.39, 0.29) is 5.78 Å². The van der Waals surface area contributed by atoms with Gasteiger partial charge in [0.1, 0.15) is 0 Å². The van der Waals surface area contributed by atoms with Crippen LogP contribution in [0.25, 0.3) is 6.08 Å². The van der Waals surface area contributed by atoms with Gasteiger partial charge in [-0.15, -0.1) is 0 Å². The number of nitrogens with one attached hydrogen (secondary N) is 1. The van der Waals surface area contributed by atoms with Crippen molar-refractivity contribution in [1.29, 1.82) is 0 Å². The number of carbonyl (C=O) groups excluding carboxylic acids is 2. The van der Waals surface area contributed by atoms with E-state index < -0.39 is 6.09 Å². The maximum absolute atomic E-state index is 12.8. The van der Waals surface area contributed by atoms with Crippen LogP contribution in [0.5, 0.6) is 0 Å². The summed E-state index contributed by atoms with van der Waals surface area (Å²) in [5.41, 5.74) is 8.96. The zero-order chi connectivity index (χ0) is 22.8. The minimum atomic E-state index is -0.640. The van der Waals surface area contributed by atoms with Gasteiger partial charge in [0, 0.05) is 16.9 Å². The van der Waals surface area contributed by atoms with Crippen molar-refractivity contribution < 1.29 is 14.3 Å². The lowest BCUT2D eigenvalue weighted by Crippen LogP contribution is -2.28. The molecule has 0 heterocycles. The quantitative estimate of drug-likeness (QED) is 0.233. The molecule has 0 atom stereocenters. The molecule has 0 aliphatic rings. The van der Waals surface area contributed by atoms with Crippen molar-refractivity contribution in [3.63, 3.8) is 0 Å². The highest BCUT2D eigenvalue weighted by atomic mass is 32.2. The molecule has 3 rings (SSSR count). The number of nitrogen functional groups attached to an aromatic ring is 1. The molecule has 0 saturated heterocycles. The van der Waals surface area contributed by atoms with E-state index in [1.54, 1.807) is 30.3 Å². The number of anilines is 1. The number of alkyl carbamates (subject to hydrolysis) is 1. The molecule has 0 bridgehead atoms. The molecule has 0 aliphatic carbocycles. The highest BCUT2D eigenvalue weighted by Crippen LogP contribution is 2.26. The highest BCUT2D eigenvalue weighted by molar-refractivity contribution is 8.14. The van der Waals surface area contributed by atoms with Crippen molar-refractivity contribution in [3.8, 4) is 0 Å². The predicted molar refractivity (Wildman–Crippen MR) is 131 cm³/mol. The van der Waals surface area contributed by atoms with E-state index in [1.807, 2.05) is 60.7 Å². The summed E-state index contributed by atoms with van der Waals surface area (Å²) in [5.74, 6) is 0.420. The van der Waals surface area contributed by atoms with Crippen molar-refractivity contribution in [2.75, 3.05) is 18.6 Å². The summed E-state index contributed by atoms with van der Waals surface area (Å²) in [5, 5.41) is 2.91. The Labute approximate surface area is 191 Å². The van der Waals surface area contributed by atoms with Crippen LogP contribution in [0.15, 0.2) is 89.9 Å². The van der Waals surface area contributed by atoms with E-state index in [9.17, 15) is 9.59 Å². The first-order valence-corrected chi connectivity index (χ1v) is 10.8. The second-order valence-corrected chi connectivity index (χ2v) is 7.64. The number of aliphatic imine (C=N–C) groups is 1. The molecule has 162 valence electrons. The van der Waals surface area contributed by atoms with Crippen molar-refractivity contribution in [2.45, 2.75) is 0 Å². The van der Waals surface area contributed by atoms with Gasteiger partial charge < -0.3 is 10.5 Å². The third-order valence-electron chi connectivity index (χ3n) is 4.37. The van der Waals surface area contributed by atoms with Gasteiger partial charge in [0.2, 0.25) is 0 Å². The number of rotatable bonds is 6. The third-order valence-corrected chi connectivity index (χ3v) is 5.20. The van der Waals surface area contributed by atoms with Crippen LogP contribution in [0, 0.1) is 0 Å². The summed E-state index contributed by atoms with van der Waals surface area (Å²) < 4.78 is 4.70. The standard InChI is InChI=1S/C25H23N3O3S/c1-31-25(30)28-24(32-16-8-11-18-9-4-2-5-10-18)27-22-17-20(14-15-21(22)26)23(29)19-12-6-3-7-13-19/h2-15,17H,16,26H2,1H3,(H,27,28,30). The van der Waals surface area contributed by atoms with Gasteiger partial charge in [0.15, 0.2) is 11.0 Å². The SMILES string of the molecule is COC(=O)NC(=Nc1cc(C(=O)c2ccccc2)ccc1N)SCC=Cc1ccccc1. The summed E-state index contributed by atoms with van der Waals surface area (Å²) in [6.45, 7) is 0. The van der Waals surface area contributed by atoms with Crippen LogP contribution < -0.4 is 11.1 Å². The second kappa shape index (κ2) is 11.5. The minimum Gasteiger partial charge on any atom is -0.453 e. The number of nitrogens with zero attached hydrogens (tertiary/aromatic N) is 1. The molecule has 3 N–H and O–H groups in total. The molecule has 6 nitrogen and oxygen atoms in total. The van der Waals surface area contributed by atoms with Crippen LogP contribution in [-0.4, -0.2) is 29.9 Å². The fraction of sp³-hybridized carbons (Fsp3) is 0.0800. The maximum Gasteiger partial charge on any atom is 0.412 e. The summed E-state index contributed by atoms with van der Waals surface area (Å²) in [6, 6.07) is 23.8. The molecule has 0 spiro atoms. The van der Waals surface area contributed by atoms with E-state index in [1.165, 1.54) is 18.9 Å². The first-order chi connectivity index (χ1) is 15.6. The number of ketones is 1. The predicted octanol–water partition coefficient (Wildman–Crippen LogP) is 5.29. The maximum atomic E-state index is 12.8. The number of benzene rings is 3. The lowest BCUT2D eigenvalue weighted by Gasteiger charge is -2.09. The number of thioether (sulfide) groups is 1.